The second-order valence-corrected chi connectivity index (χ2v) is 6.38. The lowest BCUT2D eigenvalue weighted by Gasteiger charge is -2.38. The van der Waals surface area contributed by atoms with Gasteiger partial charge in [-0.15, -0.1) is 10.2 Å². The van der Waals surface area contributed by atoms with E-state index in [0.717, 1.165) is 54.6 Å². The minimum absolute atomic E-state index is 0.581. The summed E-state index contributed by atoms with van der Waals surface area (Å²) < 4.78 is 5.57. The number of H-pyrrole nitrogens is 2. The van der Waals surface area contributed by atoms with E-state index in [-0.39, 0.29) is 0 Å². The molecule has 1 aromatic carbocycles. The highest BCUT2D eigenvalue weighted by molar-refractivity contribution is 5.69. The van der Waals surface area contributed by atoms with Crippen LogP contribution in [-0.2, 0) is 0 Å². The fourth-order valence-electron chi connectivity index (χ4n) is 3.54. The molecule has 9 heteroatoms. The van der Waals surface area contributed by atoms with Gasteiger partial charge < -0.3 is 14.5 Å². The van der Waals surface area contributed by atoms with Gasteiger partial charge in [0.15, 0.2) is 0 Å². The SMILES string of the molecule is COc1ccc(-c2nn[nH]n2)cc1N1CCN(c2c(C)n[nH]c2C)CC1. The van der Waals surface area contributed by atoms with Crippen molar-refractivity contribution in [2.45, 2.75) is 13.8 Å². The average molecular weight is 354 g/mol. The Morgan fingerprint density at radius 3 is 2.42 bits per heavy atom. The van der Waals surface area contributed by atoms with Gasteiger partial charge in [0.25, 0.3) is 0 Å². The predicted molar refractivity (Wildman–Crippen MR) is 98.7 cm³/mol. The van der Waals surface area contributed by atoms with Crippen molar-refractivity contribution in [2.24, 2.45) is 0 Å². The van der Waals surface area contributed by atoms with E-state index < -0.39 is 0 Å². The van der Waals surface area contributed by atoms with Crippen molar-refractivity contribution in [3.63, 3.8) is 0 Å². The Balaban J connectivity index is 1.56. The van der Waals surface area contributed by atoms with Crippen molar-refractivity contribution in [1.29, 1.82) is 0 Å². The van der Waals surface area contributed by atoms with Gasteiger partial charge in [0.05, 0.1) is 29.9 Å². The summed E-state index contributed by atoms with van der Waals surface area (Å²) in [5.41, 5.74) is 5.35. The maximum absolute atomic E-state index is 5.57. The van der Waals surface area contributed by atoms with E-state index in [1.54, 1.807) is 7.11 Å². The molecule has 26 heavy (non-hydrogen) atoms. The van der Waals surface area contributed by atoms with Gasteiger partial charge in [-0.05, 0) is 37.3 Å². The summed E-state index contributed by atoms with van der Waals surface area (Å²) in [7, 11) is 1.70. The third kappa shape index (κ3) is 2.85. The summed E-state index contributed by atoms with van der Waals surface area (Å²) in [6, 6.07) is 5.97. The number of tetrazole rings is 1. The first-order valence-corrected chi connectivity index (χ1v) is 8.60. The monoisotopic (exact) mass is 354 g/mol. The molecule has 0 saturated carbocycles. The summed E-state index contributed by atoms with van der Waals surface area (Å²) in [5, 5.41) is 21.7. The summed E-state index contributed by atoms with van der Waals surface area (Å²) in [6.45, 7) is 7.77. The van der Waals surface area contributed by atoms with E-state index in [0.29, 0.717) is 5.82 Å². The molecule has 1 aliphatic rings. The minimum Gasteiger partial charge on any atom is -0.495 e. The van der Waals surface area contributed by atoms with Gasteiger partial charge in [-0.3, -0.25) is 5.10 Å². The lowest BCUT2D eigenvalue weighted by molar-refractivity contribution is 0.413. The molecule has 136 valence electrons. The van der Waals surface area contributed by atoms with Gasteiger partial charge in [-0.25, -0.2) is 0 Å². The number of rotatable bonds is 4. The van der Waals surface area contributed by atoms with Crippen LogP contribution >= 0.6 is 0 Å². The third-order valence-electron chi connectivity index (χ3n) is 4.81. The Kier molecular flexibility index (Phi) is 4.19. The van der Waals surface area contributed by atoms with Gasteiger partial charge in [-0.2, -0.15) is 10.3 Å². The van der Waals surface area contributed by atoms with E-state index in [4.69, 9.17) is 4.74 Å². The molecule has 1 saturated heterocycles. The lowest BCUT2D eigenvalue weighted by atomic mass is 10.1. The molecule has 0 spiro atoms. The molecular formula is C17H22N8O. The first-order valence-electron chi connectivity index (χ1n) is 8.60. The zero-order chi connectivity index (χ0) is 18.1. The number of piperazine rings is 1. The van der Waals surface area contributed by atoms with Crippen molar-refractivity contribution >= 4 is 11.4 Å². The molecule has 2 aromatic heterocycles. The molecule has 1 aliphatic heterocycles. The molecule has 0 amide bonds. The molecule has 0 unspecified atom stereocenters. The van der Waals surface area contributed by atoms with E-state index in [1.807, 2.05) is 19.1 Å². The normalized spacial score (nSPS) is 14.7. The number of aromatic amines is 2. The van der Waals surface area contributed by atoms with E-state index in [1.165, 1.54) is 5.69 Å². The van der Waals surface area contributed by atoms with E-state index in [9.17, 15) is 0 Å². The van der Waals surface area contributed by atoms with Crippen LogP contribution in [0.2, 0.25) is 0 Å². The zero-order valence-corrected chi connectivity index (χ0v) is 15.2. The molecule has 0 aliphatic carbocycles. The van der Waals surface area contributed by atoms with Gasteiger partial charge in [0.1, 0.15) is 5.75 Å². The molecule has 9 nitrogen and oxygen atoms in total. The van der Waals surface area contributed by atoms with Crippen LogP contribution in [0.1, 0.15) is 11.4 Å². The molecule has 0 atom stereocenters. The molecule has 4 rings (SSSR count). The van der Waals surface area contributed by atoms with Crippen molar-refractivity contribution in [2.75, 3.05) is 43.1 Å². The van der Waals surface area contributed by atoms with Crippen molar-refractivity contribution < 1.29 is 4.74 Å². The molecule has 3 heterocycles. The fraction of sp³-hybridized carbons (Fsp3) is 0.412. The number of anilines is 2. The second-order valence-electron chi connectivity index (χ2n) is 6.38. The minimum atomic E-state index is 0.581. The maximum Gasteiger partial charge on any atom is 0.204 e. The van der Waals surface area contributed by atoms with Crippen LogP contribution < -0.4 is 14.5 Å². The van der Waals surface area contributed by atoms with Crippen LogP contribution in [0.15, 0.2) is 18.2 Å². The molecule has 1 fully saturated rings. The molecular weight excluding hydrogens is 332 g/mol. The lowest BCUT2D eigenvalue weighted by Crippen LogP contribution is -2.47. The zero-order valence-electron chi connectivity index (χ0n) is 15.2. The number of ether oxygens (including phenoxy) is 1. The quantitative estimate of drug-likeness (QED) is 0.733. The number of aromatic nitrogens is 6. The van der Waals surface area contributed by atoms with E-state index >= 15 is 0 Å². The topological polar surface area (TPSA) is 98.8 Å². The van der Waals surface area contributed by atoms with Crippen LogP contribution in [0.5, 0.6) is 5.75 Å². The smallest absolute Gasteiger partial charge is 0.204 e. The van der Waals surface area contributed by atoms with Gasteiger partial charge in [-0.1, -0.05) is 0 Å². The number of hydrogen-bond acceptors (Lipinski definition) is 7. The fourth-order valence-corrected chi connectivity index (χ4v) is 3.54. The van der Waals surface area contributed by atoms with Crippen LogP contribution in [0.3, 0.4) is 0 Å². The highest BCUT2D eigenvalue weighted by atomic mass is 16.5. The average Bonchev–Trinajstić information content (AvgIpc) is 3.32. The number of methoxy groups -OCH3 is 1. The Bertz CT molecular complexity index is 861. The first kappa shape index (κ1) is 16.4. The van der Waals surface area contributed by atoms with Crippen molar-refractivity contribution in [3.05, 3.63) is 29.6 Å². The predicted octanol–water partition coefficient (Wildman–Crippen LogP) is 1.54. The number of benzene rings is 1. The largest absolute Gasteiger partial charge is 0.495 e. The van der Waals surface area contributed by atoms with Gasteiger partial charge in [0, 0.05) is 31.7 Å². The Labute approximate surface area is 151 Å². The number of nitrogens with one attached hydrogen (secondary N) is 2. The number of aryl methyl sites for hydroxylation is 2. The summed E-state index contributed by atoms with van der Waals surface area (Å²) >= 11 is 0. The highest BCUT2D eigenvalue weighted by Crippen LogP contribution is 2.33. The van der Waals surface area contributed by atoms with Crippen LogP contribution in [0.4, 0.5) is 11.4 Å². The van der Waals surface area contributed by atoms with Crippen LogP contribution in [-0.4, -0.2) is 64.1 Å². The number of nitrogens with zero attached hydrogens (tertiary/aromatic N) is 6. The highest BCUT2D eigenvalue weighted by Gasteiger charge is 2.23. The summed E-state index contributed by atoms with van der Waals surface area (Å²) in [5.74, 6) is 1.43. The van der Waals surface area contributed by atoms with Crippen LogP contribution in [0, 0.1) is 13.8 Å². The standard InChI is InChI=1S/C17H22N8O/c1-11-16(12(2)19-18-11)25-8-6-24(7-9-25)14-10-13(4-5-15(14)26-3)17-20-22-23-21-17/h4-5,10H,6-9H2,1-3H3,(H,18,19)(H,20,21,22,23). The van der Waals surface area contributed by atoms with Crippen LogP contribution in [0.25, 0.3) is 11.4 Å². The van der Waals surface area contributed by atoms with Crippen molar-refractivity contribution in [3.8, 4) is 17.1 Å². The molecule has 0 radical (unpaired) electrons. The van der Waals surface area contributed by atoms with Gasteiger partial charge >= 0.3 is 0 Å². The molecule has 0 bridgehead atoms. The van der Waals surface area contributed by atoms with Crippen molar-refractivity contribution in [1.82, 2.24) is 30.8 Å². The Morgan fingerprint density at radius 1 is 1.04 bits per heavy atom. The maximum atomic E-state index is 5.57. The first-order chi connectivity index (χ1) is 12.7. The number of hydrogen-bond donors (Lipinski definition) is 2. The Morgan fingerprint density at radius 2 is 1.81 bits per heavy atom. The summed E-state index contributed by atoms with van der Waals surface area (Å²) in [4.78, 5) is 4.73. The molecule has 3 aromatic rings. The second kappa shape index (κ2) is 6.66. The Hall–Kier alpha value is -3.10. The summed E-state index contributed by atoms with van der Waals surface area (Å²) in [6.07, 6.45) is 0. The van der Waals surface area contributed by atoms with Gasteiger partial charge in [0.2, 0.25) is 5.82 Å². The molecule has 2 N–H and O–H groups in total. The third-order valence-corrected chi connectivity index (χ3v) is 4.81. The van der Waals surface area contributed by atoms with E-state index in [2.05, 4.69) is 53.6 Å².